The van der Waals surface area contributed by atoms with Crippen LogP contribution in [-0.4, -0.2) is 47.8 Å². The second kappa shape index (κ2) is 9.23. The lowest BCUT2D eigenvalue weighted by Gasteiger charge is -2.14. The van der Waals surface area contributed by atoms with Gasteiger partial charge < -0.3 is 24.3 Å². The summed E-state index contributed by atoms with van der Waals surface area (Å²) >= 11 is 0. The molecule has 0 unspecified atom stereocenters. The lowest BCUT2D eigenvalue weighted by atomic mass is 10.0. The number of benzene rings is 1. The Kier molecular flexibility index (Phi) is 6.23. The largest absolute Gasteiger partial charge is 0.497 e. The van der Waals surface area contributed by atoms with Crippen molar-refractivity contribution in [3.05, 3.63) is 58.6 Å². The first-order valence-electron chi connectivity index (χ1n) is 10.5. The fraction of sp³-hybridized carbons (Fsp3) is 0.292. The van der Waals surface area contributed by atoms with Crippen molar-refractivity contribution in [1.82, 2.24) is 19.9 Å². The number of ether oxygens (including phenoxy) is 2. The van der Waals surface area contributed by atoms with E-state index in [2.05, 4.69) is 15.3 Å². The van der Waals surface area contributed by atoms with Crippen molar-refractivity contribution in [2.75, 3.05) is 27.4 Å². The van der Waals surface area contributed by atoms with Crippen LogP contribution in [0.3, 0.4) is 0 Å². The molecule has 0 saturated heterocycles. The Labute approximate surface area is 185 Å². The third kappa shape index (κ3) is 3.97. The van der Waals surface area contributed by atoms with Gasteiger partial charge in [-0.15, -0.1) is 0 Å². The summed E-state index contributed by atoms with van der Waals surface area (Å²) in [5.74, 6) is 0.278. The van der Waals surface area contributed by atoms with E-state index in [1.807, 2.05) is 25.3 Å². The van der Waals surface area contributed by atoms with Crippen LogP contribution >= 0.6 is 0 Å². The lowest BCUT2D eigenvalue weighted by molar-refractivity contribution is 0.0948. The van der Waals surface area contributed by atoms with Gasteiger partial charge >= 0.3 is 0 Å². The molecule has 3 aromatic heterocycles. The van der Waals surface area contributed by atoms with Crippen molar-refractivity contribution in [3.63, 3.8) is 0 Å². The zero-order valence-electron chi connectivity index (χ0n) is 18.4. The zero-order valence-corrected chi connectivity index (χ0v) is 18.4. The number of hydrogen-bond acceptors (Lipinski definition) is 5. The molecule has 32 heavy (non-hydrogen) atoms. The van der Waals surface area contributed by atoms with Crippen LogP contribution in [0.25, 0.3) is 33.1 Å². The molecule has 0 aliphatic rings. The summed E-state index contributed by atoms with van der Waals surface area (Å²) in [5.41, 5.74) is 2.98. The fourth-order valence-electron chi connectivity index (χ4n) is 3.91. The summed E-state index contributed by atoms with van der Waals surface area (Å²) in [7, 11) is 3.16. The molecule has 8 heteroatoms. The molecule has 4 rings (SSSR count). The van der Waals surface area contributed by atoms with Gasteiger partial charge in [0, 0.05) is 61.1 Å². The number of nitrogens with one attached hydrogen (secondary N) is 2. The highest BCUT2D eigenvalue weighted by Crippen LogP contribution is 2.29. The first kappa shape index (κ1) is 21.6. The molecule has 0 radical (unpaired) electrons. The molecule has 0 atom stereocenters. The minimum absolute atomic E-state index is 0.131. The van der Waals surface area contributed by atoms with Gasteiger partial charge in [-0.2, -0.15) is 0 Å². The third-order valence-electron chi connectivity index (χ3n) is 5.47. The topological polar surface area (TPSA) is 98.2 Å². The molecule has 4 aromatic rings. The zero-order chi connectivity index (χ0) is 22.7. The molecular formula is C24H26N4O4. The predicted molar refractivity (Wildman–Crippen MR) is 124 cm³/mol. The summed E-state index contributed by atoms with van der Waals surface area (Å²) < 4.78 is 12.2. The van der Waals surface area contributed by atoms with Crippen molar-refractivity contribution in [3.8, 4) is 16.9 Å². The van der Waals surface area contributed by atoms with Gasteiger partial charge in [0.2, 0.25) is 0 Å². The molecule has 0 spiro atoms. The van der Waals surface area contributed by atoms with Gasteiger partial charge in [0.25, 0.3) is 11.5 Å². The lowest BCUT2D eigenvalue weighted by Crippen LogP contribution is -2.25. The van der Waals surface area contributed by atoms with E-state index in [-0.39, 0.29) is 11.5 Å². The quantitative estimate of drug-likeness (QED) is 0.415. The number of rotatable bonds is 8. The molecular weight excluding hydrogens is 408 g/mol. The maximum absolute atomic E-state index is 13.5. The molecule has 0 aliphatic heterocycles. The van der Waals surface area contributed by atoms with E-state index >= 15 is 0 Å². The Morgan fingerprint density at radius 1 is 1.22 bits per heavy atom. The maximum atomic E-state index is 13.5. The molecule has 8 nitrogen and oxygen atoms in total. The van der Waals surface area contributed by atoms with Crippen LogP contribution in [0.2, 0.25) is 0 Å². The molecule has 1 aromatic carbocycles. The van der Waals surface area contributed by atoms with Gasteiger partial charge in [-0.25, -0.2) is 4.98 Å². The summed E-state index contributed by atoms with van der Waals surface area (Å²) in [6.45, 7) is 3.51. The first-order chi connectivity index (χ1) is 15.6. The van der Waals surface area contributed by atoms with E-state index in [1.54, 1.807) is 36.1 Å². The van der Waals surface area contributed by atoms with Gasteiger partial charge in [0.15, 0.2) is 0 Å². The summed E-state index contributed by atoms with van der Waals surface area (Å²) in [6.07, 6.45) is 4.29. The first-order valence-corrected chi connectivity index (χ1v) is 10.5. The SMILES string of the molecule is CCn1c(=O)c(-c2cc(OC)cc(C(=O)NCCCOC)c2)cc2cnc3[nH]ccc3c21. The Bertz CT molecular complexity index is 1340. The van der Waals surface area contributed by atoms with E-state index < -0.39 is 0 Å². The highest BCUT2D eigenvalue weighted by molar-refractivity contribution is 6.03. The van der Waals surface area contributed by atoms with Crippen molar-refractivity contribution >= 4 is 27.8 Å². The second-order valence-electron chi connectivity index (χ2n) is 7.46. The number of nitrogens with zero attached hydrogens (tertiary/aromatic N) is 2. The van der Waals surface area contributed by atoms with Gasteiger partial charge in [-0.1, -0.05) is 0 Å². The van der Waals surface area contributed by atoms with E-state index in [0.29, 0.717) is 48.6 Å². The maximum Gasteiger partial charge on any atom is 0.258 e. The smallest absolute Gasteiger partial charge is 0.258 e. The summed E-state index contributed by atoms with van der Waals surface area (Å²) in [5, 5.41) is 4.62. The molecule has 0 fully saturated rings. The van der Waals surface area contributed by atoms with Gasteiger partial charge in [0.05, 0.1) is 12.6 Å². The molecule has 2 N–H and O–H groups in total. The van der Waals surface area contributed by atoms with E-state index in [1.165, 1.54) is 7.11 Å². The van der Waals surface area contributed by atoms with Crippen molar-refractivity contribution < 1.29 is 14.3 Å². The number of pyridine rings is 2. The van der Waals surface area contributed by atoms with E-state index in [9.17, 15) is 9.59 Å². The van der Waals surface area contributed by atoms with Gasteiger partial charge in [-0.05, 0) is 49.2 Å². The van der Waals surface area contributed by atoms with Crippen LogP contribution in [0.15, 0.2) is 47.5 Å². The van der Waals surface area contributed by atoms with Gasteiger partial charge in [-0.3, -0.25) is 9.59 Å². The second-order valence-corrected chi connectivity index (χ2v) is 7.46. The highest BCUT2D eigenvalue weighted by atomic mass is 16.5. The standard InChI is InChI=1S/C24H26N4O4/c1-4-28-21-17(14-27-22-19(21)6-8-25-22)13-20(24(28)30)15-10-16(12-18(11-15)32-3)23(29)26-7-5-9-31-2/h6,8,10-14H,4-5,7,9H2,1-3H3,(H,25,27)(H,26,29). The number of carbonyl (C=O) groups excluding carboxylic acids is 1. The van der Waals surface area contributed by atoms with Crippen molar-refractivity contribution in [2.24, 2.45) is 0 Å². The normalized spacial score (nSPS) is 11.2. The highest BCUT2D eigenvalue weighted by Gasteiger charge is 2.16. The van der Waals surface area contributed by atoms with Crippen LogP contribution in [0.1, 0.15) is 23.7 Å². The molecule has 0 aliphatic carbocycles. The minimum atomic E-state index is -0.228. The van der Waals surface area contributed by atoms with Crippen LogP contribution in [-0.2, 0) is 11.3 Å². The number of fused-ring (bicyclic) bond motifs is 3. The van der Waals surface area contributed by atoms with Gasteiger partial charge in [0.1, 0.15) is 11.4 Å². The van der Waals surface area contributed by atoms with Crippen LogP contribution in [0, 0.1) is 0 Å². The third-order valence-corrected chi connectivity index (χ3v) is 5.47. The molecule has 1 amide bonds. The summed E-state index contributed by atoms with van der Waals surface area (Å²) in [6, 6.07) is 8.91. The number of aromatic amines is 1. The number of amides is 1. The number of H-pyrrole nitrogens is 1. The van der Waals surface area contributed by atoms with Crippen LogP contribution < -0.4 is 15.6 Å². The Morgan fingerprint density at radius 3 is 2.81 bits per heavy atom. The van der Waals surface area contributed by atoms with Crippen LogP contribution in [0.4, 0.5) is 0 Å². The van der Waals surface area contributed by atoms with Crippen molar-refractivity contribution in [2.45, 2.75) is 19.9 Å². The number of carbonyl (C=O) groups is 1. The van der Waals surface area contributed by atoms with E-state index in [0.717, 1.165) is 21.9 Å². The Hall–Kier alpha value is -3.65. The summed E-state index contributed by atoms with van der Waals surface area (Å²) in [4.78, 5) is 33.7. The molecule has 0 saturated carbocycles. The predicted octanol–water partition coefficient (Wildman–Crippen LogP) is 3.34. The van der Waals surface area contributed by atoms with E-state index in [4.69, 9.17) is 9.47 Å². The molecule has 0 bridgehead atoms. The minimum Gasteiger partial charge on any atom is -0.497 e. The molecule has 3 heterocycles. The van der Waals surface area contributed by atoms with Crippen molar-refractivity contribution in [1.29, 1.82) is 0 Å². The Balaban J connectivity index is 1.83. The average molecular weight is 434 g/mol. The fourth-order valence-corrected chi connectivity index (χ4v) is 3.91. The van der Waals surface area contributed by atoms with Crippen LogP contribution in [0.5, 0.6) is 5.75 Å². The Morgan fingerprint density at radius 2 is 2.06 bits per heavy atom. The number of aromatic nitrogens is 3. The molecule has 166 valence electrons. The number of methoxy groups -OCH3 is 2. The number of aryl methyl sites for hydroxylation is 1. The monoisotopic (exact) mass is 434 g/mol. The number of hydrogen-bond donors (Lipinski definition) is 2. The average Bonchev–Trinajstić information content (AvgIpc) is 3.30.